The van der Waals surface area contributed by atoms with Crippen LogP contribution < -0.4 is 11.1 Å². The Labute approximate surface area is 115 Å². The predicted octanol–water partition coefficient (Wildman–Crippen LogP) is 2.91. The van der Waals surface area contributed by atoms with Crippen LogP contribution in [-0.2, 0) is 6.42 Å². The third kappa shape index (κ3) is 2.29. The topological polar surface area (TPSA) is 50.9 Å². The van der Waals surface area contributed by atoms with Crippen molar-refractivity contribution in [1.82, 2.24) is 4.98 Å². The molecule has 1 heterocycles. The number of halogens is 2. The lowest BCUT2D eigenvalue weighted by atomic mass is 10.1. The van der Waals surface area contributed by atoms with Crippen molar-refractivity contribution < 1.29 is 4.39 Å². The number of nitrogens with two attached hydrogens (primary N) is 1. The van der Waals surface area contributed by atoms with Crippen LogP contribution >= 0.6 is 11.6 Å². The number of nitrogens with one attached hydrogen (secondary N) is 1. The molecule has 2 aromatic rings. The molecule has 2 unspecified atom stereocenters. The number of benzene rings is 1. The summed E-state index contributed by atoms with van der Waals surface area (Å²) < 4.78 is 13.8. The molecule has 1 aliphatic carbocycles. The Hall–Kier alpha value is -1.65. The molecular formula is C14H13ClFN3. The summed E-state index contributed by atoms with van der Waals surface area (Å²) in [4.78, 5) is 3.98. The van der Waals surface area contributed by atoms with Gasteiger partial charge >= 0.3 is 0 Å². The average molecular weight is 278 g/mol. The lowest BCUT2D eigenvalue weighted by Gasteiger charge is -2.19. The number of hydrogen-bond donors (Lipinski definition) is 2. The Morgan fingerprint density at radius 2 is 2.16 bits per heavy atom. The molecule has 0 saturated heterocycles. The maximum Gasteiger partial charge on any atom is 0.166 e. The molecule has 0 fully saturated rings. The Balaban J connectivity index is 1.91. The van der Waals surface area contributed by atoms with E-state index < -0.39 is 5.82 Å². The van der Waals surface area contributed by atoms with E-state index in [1.54, 1.807) is 0 Å². The molecule has 0 amide bonds. The van der Waals surface area contributed by atoms with E-state index in [0.717, 1.165) is 12.0 Å². The summed E-state index contributed by atoms with van der Waals surface area (Å²) >= 11 is 5.69. The molecule has 19 heavy (non-hydrogen) atoms. The fraction of sp³-hybridized carbons (Fsp3) is 0.214. The zero-order chi connectivity index (χ0) is 13.4. The van der Waals surface area contributed by atoms with Gasteiger partial charge < -0.3 is 11.1 Å². The van der Waals surface area contributed by atoms with Gasteiger partial charge in [-0.1, -0.05) is 35.9 Å². The van der Waals surface area contributed by atoms with E-state index in [2.05, 4.69) is 10.3 Å². The van der Waals surface area contributed by atoms with Crippen molar-refractivity contribution in [2.24, 2.45) is 5.73 Å². The van der Waals surface area contributed by atoms with Crippen LogP contribution in [0.15, 0.2) is 36.5 Å². The first-order valence-corrected chi connectivity index (χ1v) is 6.44. The molecule has 0 spiro atoms. The lowest BCUT2D eigenvalue weighted by molar-refractivity contribution is 0.596. The molecule has 5 heteroatoms. The Bertz CT molecular complexity index is 617. The van der Waals surface area contributed by atoms with Crippen molar-refractivity contribution in [2.75, 3.05) is 5.32 Å². The summed E-state index contributed by atoms with van der Waals surface area (Å²) in [6.07, 6.45) is 2.20. The number of aromatic nitrogens is 1. The molecule has 3 nitrogen and oxygen atoms in total. The lowest BCUT2D eigenvalue weighted by Crippen LogP contribution is -2.30. The highest BCUT2D eigenvalue weighted by Gasteiger charge is 2.30. The van der Waals surface area contributed by atoms with Gasteiger partial charge in [-0.05, 0) is 23.6 Å². The normalized spacial score (nSPS) is 21.2. The summed E-state index contributed by atoms with van der Waals surface area (Å²) in [6, 6.07) is 9.01. The highest BCUT2D eigenvalue weighted by atomic mass is 35.5. The van der Waals surface area contributed by atoms with Crippen LogP contribution in [0.3, 0.4) is 0 Å². The summed E-state index contributed by atoms with van der Waals surface area (Å²) in [5, 5.41) is 3.35. The largest absolute Gasteiger partial charge is 0.359 e. The van der Waals surface area contributed by atoms with E-state index in [9.17, 15) is 4.39 Å². The second-order valence-electron chi connectivity index (χ2n) is 4.67. The summed E-state index contributed by atoms with van der Waals surface area (Å²) in [5.41, 5.74) is 8.42. The van der Waals surface area contributed by atoms with Gasteiger partial charge in [0.05, 0.1) is 11.1 Å². The monoisotopic (exact) mass is 277 g/mol. The molecule has 0 aliphatic heterocycles. The van der Waals surface area contributed by atoms with E-state index >= 15 is 0 Å². The number of nitrogens with zero attached hydrogens (tertiary/aromatic N) is 1. The van der Waals surface area contributed by atoms with Crippen molar-refractivity contribution in [3.05, 3.63) is 58.5 Å². The second-order valence-corrected chi connectivity index (χ2v) is 5.11. The van der Waals surface area contributed by atoms with Gasteiger partial charge in [0.2, 0.25) is 0 Å². The van der Waals surface area contributed by atoms with Crippen LogP contribution in [0.1, 0.15) is 17.2 Å². The molecule has 1 aromatic carbocycles. The van der Waals surface area contributed by atoms with Gasteiger partial charge in [0.1, 0.15) is 0 Å². The minimum Gasteiger partial charge on any atom is -0.359 e. The van der Waals surface area contributed by atoms with Crippen molar-refractivity contribution in [2.45, 2.75) is 18.5 Å². The van der Waals surface area contributed by atoms with E-state index in [4.69, 9.17) is 17.3 Å². The molecule has 0 bridgehead atoms. The zero-order valence-electron chi connectivity index (χ0n) is 10.1. The molecular weight excluding hydrogens is 265 g/mol. The molecule has 3 N–H and O–H groups in total. The highest BCUT2D eigenvalue weighted by molar-refractivity contribution is 6.30. The fourth-order valence-electron chi connectivity index (χ4n) is 2.48. The zero-order valence-corrected chi connectivity index (χ0v) is 10.9. The minimum atomic E-state index is -0.468. The molecule has 98 valence electrons. The quantitative estimate of drug-likeness (QED) is 0.887. The van der Waals surface area contributed by atoms with Crippen LogP contribution in [0.4, 0.5) is 10.2 Å². The summed E-state index contributed by atoms with van der Waals surface area (Å²) in [6.45, 7) is 0. The average Bonchev–Trinajstić information content (AvgIpc) is 2.69. The molecule has 3 rings (SSSR count). The third-order valence-electron chi connectivity index (χ3n) is 3.37. The van der Waals surface area contributed by atoms with Gasteiger partial charge in [0.25, 0.3) is 0 Å². The first-order valence-electron chi connectivity index (χ1n) is 6.06. The van der Waals surface area contributed by atoms with Crippen LogP contribution in [0.2, 0.25) is 5.02 Å². The van der Waals surface area contributed by atoms with Crippen molar-refractivity contribution in [3.8, 4) is 0 Å². The van der Waals surface area contributed by atoms with Crippen LogP contribution in [0.5, 0.6) is 0 Å². The SMILES string of the molecule is NC1Cc2ccccc2C1Nc1ncc(Cl)cc1F. The Kier molecular flexibility index (Phi) is 3.12. The number of anilines is 1. The summed E-state index contributed by atoms with van der Waals surface area (Å²) in [5.74, 6) is -0.286. The van der Waals surface area contributed by atoms with Crippen molar-refractivity contribution in [1.29, 1.82) is 0 Å². The van der Waals surface area contributed by atoms with E-state index in [0.29, 0.717) is 0 Å². The van der Waals surface area contributed by atoms with Crippen molar-refractivity contribution in [3.63, 3.8) is 0 Å². The van der Waals surface area contributed by atoms with E-state index in [1.807, 2.05) is 24.3 Å². The highest BCUT2D eigenvalue weighted by Crippen LogP contribution is 2.33. The van der Waals surface area contributed by atoms with E-state index in [-0.39, 0.29) is 22.9 Å². The van der Waals surface area contributed by atoms with Gasteiger partial charge in [0, 0.05) is 12.2 Å². The maximum atomic E-state index is 13.8. The number of pyridine rings is 1. The first-order chi connectivity index (χ1) is 9.15. The fourth-order valence-corrected chi connectivity index (χ4v) is 2.62. The Morgan fingerprint density at radius 3 is 2.95 bits per heavy atom. The van der Waals surface area contributed by atoms with Crippen molar-refractivity contribution >= 4 is 17.4 Å². The molecule has 1 aromatic heterocycles. The minimum absolute atomic E-state index is 0.0886. The van der Waals surface area contributed by atoms with E-state index in [1.165, 1.54) is 17.8 Å². The smallest absolute Gasteiger partial charge is 0.166 e. The van der Waals surface area contributed by atoms with Gasteiger partial charge in [-0.25, -0.2) is 9.37 Å². The summed E-state index contributed by atoms with van der Waals surface area (Å²) in [7, 11) is 0. The third-order valence-corrected chi connectivity index (χ3v) is 3.58. The van der Waals surface area contributed by atoms with Crippen LogP contribution in [-0.4, -0.2) is 11.0 Å². The number of fused-ring (bicyclic) bond motifs is 1. The van der Waals surface area contributed by atoms with Gasteiger partial charge in [0.15, 0.2) is 11.6 Å². The van der Waals surface area contributed by atoms with Gasteiger partial charge in [-0.2, -0.15) is 0 Å². The maximum absolute atomic E-state index is 13.8. The number of hydrogen-bond acceptors (Lipinski definition) is 3. The molecule has 2 atom stereocenters. The first kappa shape index (κ1) is 12.4. The number of rotatable bonds is 2. The van der Waals surface area contributed by atoms with Gasteiger partial charge in [-0.15, -0.1) is 0 Å². The standard InChI is InChI=1S/C14H13ClFN3/c15-9-6-11(16)14(18-7-9)19-13-10-4-2-1-3-8(10)5-12(13)17/h1-4,6-7,12-13H,5,17H2,(H,18,19). The Morgan fingerprint density at radius 1 is 1.37 bits per heavy atom. The molecule has 1 aliphatic rings. The predicted molar refractivity (Wildman–Crippen MR) is 73.7 cm³/mol. The second kappa shape index (κ2) is 4.79. The van der Waals surface area contributed by atoms with Crippen LogP contribution in [0, 0.1) is 5.82 Å². The van der Waals surface area contributed by atoms with Gasteiger partial charge in [-0.3, -0.25) is 0 Å². The van der Waals surface area contributed by atoms with Crippen LogP contribution in [0.25, 0.3) is 0 Å². The molecule has 0 radical (unpaired) electrons. The molecule has 0 saturated carbocycles.